The number of ether oxygens (including phenoxy) is 3. The van der Waals surface area contributed by atoms with E-state index < -0.39 is 0 Å². The summed E-state index contributed by atoms with van der Waals surface area (Å²) in [4.78, 5) is 19.4. The normalized spacial score (nSPS) is 10.6. The number of anilines is 1. The average Bonchev–Trinajstić information content (AvgIpc) is 3.44. The van der Waals surface area contributed by atoms with Gasteiger partial charge >= 0.3 is 0 Å². The fourth-order valence-electron chi connectivity index (χ4n) is 3.69. The molecular formula is C29H31N3O4S. The maximum Gasteiger partial charge on any atom is 0.251 e. The summed E-state index contributed by atoms with van der Waals surface area (Å²) in [5.41, 5.74) is 3.65. The van der Waals surface area contributed by atoms with Gasteiger partial charge in [-0.05, 0) is 54.1 Å². The highest BCUT2D eigenvalue weighted by molar-refractivity contribution is 7.14. The second kappa shape index (κ2) is 13.4. The molecule has 0 aliphatic heterocycles. The van der Waals surface area contributed by atoms with Crippen molar-refractivity contribution in [2.45, 2.75) is 6.54 Å². The van der Waals surface area contributed by atoms with Gasteiger partial charge in [-0.25, -0.2) is 4.98 Å². The molecule has 7 nitrogen and oxygen atoms in total. The van der Waals surface area contributed by atoms with Gasteiger partial charge in [-0.3, -0.25) is 4.79 Å². The van der Waals surface area contributed by atoms with Gasteiger partial charge in [0.15, 0.2) is 5.13 Å². The number of thiazole rings is 1. The first-order valence-electron chi connectivity index (χ1n) is 12.0. The van der Waals surface area contributed by atoms with Gasteiger partial charge in [0.25, 0.3) is 5.91 Å². The summed E-state index contributed by atoms with van der Waals surface area (Å²) in [6.45, 7) is 2.77. The first-order valence-corrected chi connectivity index (χ1v) is 12.9. The number of para-hydroxylation sites is 1. The van der Waals surface area contributed by atoms with E-state index in [0.29, 0.717) is 38.4 Å². The van der Waals surface area contributed by atoms with Crippen molar-refractivity contribution in [1.29, 1.82) is 0 Å². The Kier molecular flexibility index (Phi) is 9.51. The Bertz CT molecular complexity index is 1240. The van der Waals surface area contributed by atoms with Gasteiger partial charge in [-0.1, -0.05) is 30.3 Å². The van der Waals surface area contributed by atoms with E-state index in [2.05, 4.69) is 15.6 Å². The number of aromatic nitrogens is 1. The number of benzene rings is 3. The van der Waals surface area contributed by atoms with E-state index in [4.69, 9.17) is 19.2 Å². The Hall–Kier alpha value is -3.88. The van der Waals surface area contributed by atoms with Crippen molar-refractivity contribution < 1.29 is 19.0 Å². The minimum atomic E-state index is -0.110. The summed E-state index contributed by atoms with van der Waals surface area (Å²) in [5.74, 6) is 1.54. The Morgan fingerprint density at radius 1 is 0.919 bits per heavy atom. The average molecular weight is 518 g/mol. The van der Waals surface area contributed by atoms with Crippen molar-refractivity contribution in [3.05, 3.63) is 95.4 Å². The van der Waals surface area contributed by atoms with Gasteiger partial charge in [0.05, 0.1) is 26.0 Å². The lowest BCUT2D eigenvalue weighted by molar-refractivity contribution is 0.0937. The van der Waals surface area contributed by atoms with E-state index in [1.54, 1.807) is 25.6 Å². The quantitative estimate of drug-likeness (QED) is 0.243. The van der Waals surface area contributed by atoms with Gasteiger partial charge in [-0.2, -0.15) is 0 Å². The third kappa shape index (κ3) is 7.55. The fraction of sp³-hybridized carbons (Fsp3) is 0.241. The first kappa shape index (κ1) is 26.2. The molecule has 1 aromatic heterocycles. The van der Waals surface area contributed by atoms with Gasteiger partial charge in [0, 0.05) is 36.7 Å². The molecule has 3 aromatic carbocycles. The number of carbonyl (C=O) groups excluding carboxylic acids is 1. The molecule has 0 saturated carbocycles. The number of rotatable bonds is 13. The predicted molar refractivity (Wildman–Crippen MR) is 148 cm³/mol. The van der Waals surface area contributed by atoms with Crippen LogP contribution in [0, 0.1) is 0 Å². The summed E-state index contributed by atoms with van der Waals surface area (Å²) in [5, 5.41) is 5.82. The van der Waals surface area contributed by atoms with Crippen LogP contribution in [0.15, 0.2) is 84.2 Å². The van der Waals surface area contributed by atoms with E-state index in [-0.39, 0.29) is 5.91 Å². The van der Waals surface area contributed by atoms with E-state index in [0.717, 1.165) is 33.5 Å². The SMILES string of the molecule is COCCNC(=O)c1ccc(CN(CCOc2ccccc2)c2nc(-c3ccc(OC)cc3)cs2)cc1. The Balaban J connectivity index is 1.47. The van der Waals surface area contributed by atoms with Gasteiger partial charge < -0.3 is 24.4 Å². The summed E-state index contributed by atoms with van der Waals surface area (Å²) in [6.07, 6.45) is 0. The van der Waals surface area contributed by atoms with Crippen molar-refractivity contribution in [1.82, 2.24) is 10.3 Å². The molecule has 4 rings (SSSR count). The number of nitrogens with one attached hydrogen (secondary N) is 1. The second-order valence-electron chi connectivity index (χ2n) is 8.27. The van der Waals surface area contributed by atoms with E-state index in [9.17, 15) is 4.79 Å². The van der Waals surface area contributed by atoms with Crippen LogP contribution in [0.5, 0.6) is 11.5 Å². The topological polar surface area (TPSA) is 72.9 Å². The fourth-order valence-corrected chi connectivity index (χ4v) is 4.55. The number of nitrogens with zero attached hydrogens (tertiary/aromatic N) is 2. The van der Waals surface area contributed by atoms with Gasteiger partial charge in [0.1, 0.15) is 18.1 Å². The second-order valence-corrected chi connectivity index (χ2v) is 9.11. The van der Waals surface area contributed by atoms with E-state index in [1.165, 1.54) is 0 Å². The van der Waals surface area contributed by atoms with Crippen molar-refractivity contribution >= 4 is 22.4 Å². The first-order chi connectivity index (χ1) is 18.2. The summed E-state index contributed by atoms with van der Waals surface area (Å²) in [6, 6.07) is 25.3. The van der Waals surface area contributed by atoms with Crippen LogP contribution in [0.25, 0.3) is 11.3 Å². The predicted octanol–water partition coefficient (Wildman–Crippen LogP) is 5.28. The molecule has 37 heavy (non-hydrogen) atoms. The number of hydrogen-bond donors (Lipinski definition) is 1. The van der Waals surface area contributed by atoms with Crippen LogP contribution in [0.3, 0.4) is 0 Å². The molecule has 0 saturated heterocycles. The van der Waals surface area contributed by atoms with E-state index in [1.807, 2.05) is 78.9 Å². The molecule has 8 heteroatoms. The molecule has 1 heterocycles. The Morgan fingerprint density at radius 3 is 2.38 bits per heavy atom. The zero-order valence-electron chi connectivity index (χ0n) is 21.1. The monoisotopic (exact) mass is 517 g/mol. The molecule has 4 aromatic rings. The van der Waals surface area contributed by atoms with Gasteiger partial charge in [0.2, 0.25) is 0 Å². The van der Waals surface area contributed by atoms with Crippen LogP contribution in [-0.2, 0) is 11.3 Å². The standard InChI is InChI=1S/C29H31N3O4S/c1-34-18-16-30-28(33)24-10-8-22(9-11-24)20-32(17-19-36-26-6-4-3-5-7-26)29-31-27(21-37-29)23-12-14-25(35-2)15-13-23/h3-15,21H,16-20H2,1-2H3,(H,30,33). The molecule has 0 fully saturated rings. The van der Waals surface area contributed by atoms with Gasteiger partial charge in [-0.15, -0.1) is 11.3 Å². The maximum atomic E-state index is 12.3. The number of amides is 1. The molecule has 0 radical (unpaired) electrons. The molecule has 1 amide bonds. The van der Waals surface area contributed by atoms with Crippen molar-refractivity contribution in [2.75, 3.05) is 45.4 Å². The van der Waals surface area contributed by atoms with Crippen LogP contribution in [0.4, 0.5) is 5.13 Å². The van der Waals surface area contributed by atoms with Crippen LogP contribution >= 0.6 is 11.3 Å². The molecule has 0 spiro atoms. The minimum absolute atomic E-state index is 0.110. The molecule has 0 unspecified atom stereocenters. The van der Waals surface area contributed by atoms with Crippen molar-refractivity contribution in [3.8, 4) is 22.8 Å². The van der Waals surface area contributed by atoms with Crippen molar-refractivity contribution in [2.24, 2.45) is 0 Å². The molecular weight excluding hydrogens is 486 g/mol. The van der Waals surface area contributed by atoms with Crippen LogP contribution in [0.1, 0.15) is 15.9 Å². The Morgan fingerprint density at radius 2 is 1.68 bits per heavy atom. The number of carbonyl (C=O) groups is 1. The molecule has 1 N–H and O–H groups in total. The number of hydrogen-bond acceptors (Lipinski definition) is 7. The third-order valence-electron chi connectivity index (χ3n) is 5.70. The lowest BCUT2D eigenvalue weighted by Crippen LogP contribution is -2.28. The number of methoxy groups -OCH3 is 2. The zero-order valence-corrected chi connectivity index (χ0v) is 21.9. The highest BCUT2D eigenvalue weighted by Crippen LogP contribution is 2.29. The highest BCUT2D eigenvalue weighted by atomic mass is 32.1. The van der Waals surface area contributed by atoms with Crippen LogP contribution in [0.2, 0.25) is 0 Å². The van der Waals surface area contributed by atoms with E-state index >= 15 is 0 Å². The molecule has 192 valence electrons. The maximum absolute atomic E-state index is 12.3. The molecule has 0 aliphatic rings. The Labute approximate surface area is 221 Å². The zero-order chi connectivity index (χ0) is 25.9. The molecule has 0 atom stereocenters. The largest absolute Gasteiger partial charge is 0.497 e. The summed E-state index contributed by atoms with van der Waals surface area (Å²) in [7, 11) is 3.27. The summed E-state index contributed by atoms with van der Waals surface area (Å²) >= 11 is 1.60. The lowest BCUT2D eigenvalue weighted by atomic mass is 10.1. The smallest absolute Gasteiger partial charge is 0.251 e. The molecule has 0 aliphatic carbocycles. The molecule has 0 bridgehead atoms. The third-order valence-corrected chi connectivity index (χ3v) is 6.60. The minimum Gasteiger partial charge on any atom is -0.497 e. The van der Waals surface area contributed by atoms with Crippen LogP contribution < -0.4 is 19.7 Å². The van der Waals surface area contributed by atoms with Crippen molar-refractivity contribution in [3.63, 3.8) is 0 Å². The van der Waals surface area contributed by atoms with Crippen LogP contribution in [-0.4, -0.2) is 51.4 Å². The summed E-state index contributed by atoms with van der Waals surface area (Å²) < 4.78 is 16.2. The lowest BCUT2D eigenvalue weighted by Gasteiger charge is -2.22. The highest BCUT2D eigenvalue weighted by Gasteiger charge is 2.14.